The molecule has 4 atom stereocenters. The van der Waals surface area contributed by atoms with Crippen LogP contribution in [0, 0.1) is 11.8 Å². The van der Waals surface area contributed by atoms with Crippen molar-refractivity contribution in [3.8, 4) is 0 Å². The maximum Gasteiger partial charge on any atom is 0.451 e. The number of aliphatic imine (C=N–C) groups is 1. The molecule has 208 valence electrons. The van der Waals surface area contributed by atoms with E-state index >= 15 is 0 Å². The van der Waals surface area contributed by atoms with Crippen molar-refractivity contribution in [2.45, 2.75) is 43.9 Å². The molecule has 4 aliphatic rings. The molecule has 3 aliphatic heterocycles. The SMILES string of the molecule is O=C(NCC(c1cnc(C(F)(F)F)nc1)N1CCCOCC1)C1CCCC2N=C(N3CCNCC3)C=CC21. The normalized spacial score (nSPS) is 27.7. The second-order valence-corrected chi connectivity index (χ2v) is 10.4. The predicted molar refractivity (Wildman–Crippen MR) is 135 cm³/mol. The molecule has 1 aliphatic carbocycles. The monoisotopic (exact) mass is 535 g/mol. The minimum Gasteiger partial charge on any atom is -0.380 e. The van der Waals surface area contributed by atoms with Crippen molar-refractivity contribution in [1.82, 2.24) is 30.4 Å². The molecule has 4 unspecified atom stereocenters. The van der Waals surface area contributed by atoms with Gasteiger partial charge in [-0.1, -0.05) is 12.5 Å². The van der Waals surface area contributed by atoms with Gasteiger partial charge in [0.05, 0.1) is 18.7 Å². The van der Waals surface area contributed by atoms with Gasteiger partial charge in [0.2, 0.25) is 11.7 Å². The van der Waals surface area contributed by atoms with Crippen LogP contribution in [0.15, 0.2) is 29.5 Å². The van der Waals surface area contributed by atoms with Crippen molar-refractivity contribution < 1.29 is 22.7 Å². The van der Waals surface area contributed by atoms with Crippen molar-refractivity contribution in [2.75, 3.05) is 59.0 Å². The number of alkyl halides is 3. The van der Waals surface area contributed by atoms with Crippen molar-refractivity contribution in [1.29, 1.82) is 0 Å². The molecular weight excluding hydrogens is 499 g/mol. The number of dihydropyridines is 1. The minimum atomic E-state index is -4.60. The number of aromatic nitrogens is 2. The van der Waals surface area contributed by atoms with Crippen LogP contribution in [0.4, 0.5) is 13.2 Å². The summed E-state index contributed by atoms with van der Waals surface area (Å²) in [5.74, 6) is -0.319. The molecular formula is C26H36F3N7O2. The number of halogens is 3. The number of piperazine rings is 1. The van der Waals surface area contributed by atoms with Gasteiger partial charge in [-0.2, -0.15) is 13.2 Å². The molecule has 2 saturated heterocycles. The molecule has 0 radical (unpaired) electrons. The third-order valence-electron chi connectivity index (χ3n) is 7.94. The van der Waals surface area contributed by atoms with Gasteiger partial charge < -0.3 is 20.3 Å². The second-order valence-electron chi connectivity index (χ2n) is 10.4. The summed E-state index contributed by atoms with van der Waals surface area (Å²) in [5, 5.41) is 6.48. The van der Waals surface area contributed by atoms with Gasteiger partial charge in [-0.05, 0) is 25.3 Å². The van der Waals surface area contributed by atoms with Crippen LogP contribution in [0.1, 0.15) is 43.1 Å². The number of nitrogens with zero attached hydrogens (tertiary/aromatic N) is 5. The average Bonchev–Trinajstić information content (AvgIpc) is 3.22. The molecule has 9 nitrogen and oxygen atoms in total. The highest BCUT2D eigenvalue weighted by Gasteiger charge is 2.39. The third kappa shape index (κ3) is 6.35. The minimum absolute atomic E-state index is 0.0333. The van der Waals surface area contributed by atoms with E-state index < -0.39 is 12.0 Å². The van der Waals surface area contributed by atoms with E-state index in [0.29, 0.717) is 31.9 Å². The van der Waals surface area contributed by atoms with Gasteiger partial charge in [-0.15, -0.1) is 0 Å². The lowest BCUT2D eigenvalue weighted by molar-refractivity contribution is -0.145. The van der Waals surface area contributed by atoms with Crippen LogP contribution < -0.4 is 10.6 Å². The fraction of sp³-hybridized carbons (Fsp3) is 0.692. The topological polar surface area (TPSA) is 95.0 Å². The van der Waals surface area contributed by atoms with E-state index in [1.807, 2.05) is 0 Å². The maximum atomic E-state index is 13.5. The first kappa shape index (κ1) is 27.0. The smallest absolute Gasteiger partial charge is 0.380 e. The zero-order chi connectivity index (χ0) is 26.5. The lowest BCUT2D eigenvalue weighted by atomic mass is 9.74. The summed E-state index contributed by atoms with van der Waals surface area (Å²) < 4.78 is 44.6. The van der Waals surface area contributed by atoms with Gasteiger partial charge in [0.1, 0.15) is 5.84 Å². The summed E-state index contributed by atoms with van der Waals surface area (Å²) in [6.07, 6.45) is 5.58. The van der Waals surface area contributed by atoms with E-state index in [9.17, 15) is 18.0 Å². The first-order valence-electron chi connectivity index (χ1n) is 13.6. The number of amides is 1. The first-order valence-corrected chi connectivity index (χ1v) is 13.6. The lowest BCUT2D eigenvalue weighted by Crippen LogP contribution is -2.49. The highest BCUT2D eigenvalue weighted by molar-refractivity contribution is 5.94. The van der Waals surface area contributed by atoms with Gasteiger partial charge in [-0.3, -0.25) is 14.7 Å². The highest BCUT2D eigenvalue weighted by Crippen LogP contribution is 2.36. The predicted octanol–water partition coefficient (Wildman–Crippen LogP) is 2.03. The number of ether oxygens (including phenoxy) is 1. The zero-order valence-corrected chi connectivity index (χ0v) is 21.5. The molecule has 12 heteroatoms. The Hall–Kier alpha value is -2.57. The molecule has 2 N–H and O–H groups in total. The number of hydrogen-bond acceptors (Lipinski definition) is 8. The summed E-state index contributed by atoms with van der Waals surface area (Å²) >= 11 is 0. The molecule has 0 spiro atoms. The van der Waals surface area contributed by atoms with E-state index in [4.69, 9.17) is 9.73 Å². The molecule has 1 aromatic rings. The van der Waals surface area contributed by atoms with Gasteiger partial charge in [0.15, 0.2) is 0 Å². The Morgan fingerprint density at radius 2 is 1.89 bits per heavy atom. The van der Waals surface area contributed by atoms with Crippen molar-refractivity contribution in [3.05, 3.63) is 35.9 Å². The summed E-state index contributed by atoms with van der Waals surface area (Å²) in [6, 6.07) is -0.252. The number of rotatable bonds is 5. The van der Waals surface area contributed by atoms with Gasteiger partial charge >= 0.3 is 6.18 Å². The molecule has 38 heavy (non-hydrogen) atoms. The molecule has 0 aromatic carbocycles. The Morgan fingerprint density at radius 1 is 1.11 bits per heavy atom. The number of hydrogen-bond donors (Lipinski definition) is 2. The second kappa shape index (κ2) is 12.1. The van der Waals surface area contributed by atoms with Gasteiger partial charge in [0, 0.05) is 82.2 Å². The van der Waals surface area contributed by atoms with Crippen LogP contribution in [0.5, 0.6) is 0 Å². The summed E-state index contributed by atoms with van der Waals surface area (Å²) in [4.78, 5) is 30.1. The van der Waals surface area contributed by atoms with E-state index in [-0.39, 0.29) is 36.4 Å². The quantitative estimate of drug-likeness (QED) is 0.596. The molecule has 1 amide bonds. The number of nitrogens with one attached hydrogen (secondary N) is 2. The van der Waals surface area contributed by atoms with E-state index in [1.54, 1.807) is 0 Å². The zero-order valence-electron chi connectivity index (χ0n) is 21.5. The molecule has 5 rings (SSSR count). The molecule has 0 bridgehead atoms. The van der Waals surface area contributed by atoms with Crippen molar-refractivity contribution >= 4 is 11.7 Å². The van der Waals surface area contributed by atoms with E-state index in [1.165, 1.54) is 12.4 Å². The van der Waals surface area contributed by atoms with Crippen LogP contribution >= 0.6 is 0 Å². The number of carbonyl (C=O) groups is 1. The Balaban J connectivity index is 1.26. The van der Waals surface area contributed by atoms with Crippen molar-refractivity contribution in [3.63, 3.8) is 0 Å². The summed E-state index contributed by atoms with van der Waals surface area (Å²) in [6.45, 7) is 6.50. The van der Waals surface area contributed by atoms with Crippen LogP contribution in [-0.4, -0.2) is 96.6 Å². The highest BCUT2D eigenvalue weighted by atomic mass is 19.4. The Bertz CT molecular complexity index is 1000. The Morgan fingerprint density at radius 3 is 2.66 bits per heavy atom. The molecule has 3 fully saturated rings. The number of amidine groups is 1. The third-order valence-corrected chi connectivity index (χ3v) is 7.94. The van der Waals surface area contributed by atoms with Gasteiger partial charge in [-0.25, -0.2) is 9.97 Å². The molecule has 4 heterocycles. The average molecular weight is 536 g/mol. The van der Waals surface area contributed by atoms with E-state index in [0.717, 1.165) is 57.7 Å². The van der Waals surface area contributed by atoms with Crippen LogP contribution in [-0.2, 0) is 15.7 Å². The van der Waals surface area contributed by atoms with E-state index in [2.05, 4.69) is 42.6 Å². The fourth-order valence-electron chi connectivity index (χ4n) is 5.93. The first-order chi connectivity index (χ1) is 18.4. The molecule has 1 aromatic heterocycles. The Labute approximate surface area is 220 Å². The maximum absolute atomic E-state index is 13.5. The summed E-state index contributed by atoms with van der Waals surface area (Å²) in [5.41, 5.74) is 0.546. The lowest BCUT2D eigenvalue weighted by Gasteiger charge is -2.39. The van der Waals surface area contributed by atoms with Crippen LogP contribution in [0.3, 0.4) is 0 Å². The molecule has 1 saturated carbocycles. The van der Waals surface area contributed by atoms with Crippen LogP contribution in [0.25, 0.3) is 0 Å². The number of carbonyl (C=O) groups excluding carboxylic acids is 1. The fourth-order valence-corrected chi connectivity index (χ4v) is 5.93. The van der Waals surface area contributed by atoms with Gasteiger partial charge in [0.25, 0.3) is 0 Å². The summed E-state index contributed by atoms with van der Waals surface area (Å²) in [7, 11) is 0. The van der Waals surface area contributed by atoms with Crippen molar-refractivity contribution in [2.24, 2.45) is 16.8 Å². The Kier molecular flexibility index (Phi) is 8.59. The standard InChI is InChI=1S/C26H36F3N7O2/c27-26(28,29)25-32-15-18(16-33-25)22(35-9-2-13-38-14-12-35)17-31-24(37)20-3-1-4-21-19(20)5-6-23(34-21)36-10-7-30-8-11-36/h5-6,15-16,19-22,30H,1-4,7-14,17H2,(H,31,37). The number of fused-ring (bicyclic) bond motifs is 1. The van der Waals surface area contributed by atoms with Crippen LogP contribution in [0.2, 0.25) is 0 Å². The largest absolute Gasteiger partial charge is 0.451 e.